The van der Waals surface area contributed by atoms with Gasteiger partial charge in [-0.2, -0.15) is 0 Å². The minimum atomic E-state index is -0.259. The maximum atomic E-state index is 11.5. The Labute approximate surface area is 97.5 Å². The van der Waals surface area contributed by atoms with Crippen LogP contribution in [0.5, 0.6) is 0 Å². The molecular formula is C13H22O3. The molecule has 1 fully saturated rings. The molecule has 0 amide bonds. The predicted molar refractivity (Wildman–Crippen MR) is 62.9 cm³/mol. The first-order valence-electron chi connectivity index (χ1n) is 5.90. The molecular weight excluding hydrogens is 204 g/mol. The van der Waals surface area contributed by atoms with Gasteiger partial charge >= 0.3 is 5.97 Å². The highest BCUT2D eigenvalue weighted by Crippen LogP contribution is 2.42. The molecule has 1 aliphatic rings. The summed E-state index contributed by atoms with van der Waals surface area (Å²) in [5.74, 6) is 0.0284. The van der Waals surface area contributed by atoms with Crippen molar-refractivity contribution in [3.63, 3.8) is 0 Å². The maximum absolute atomic E-state index is 11.5. The molecule has 16 heavy (non-hydrogen) atoms. The predicted octanol–water partition coefficient (Wildman–Crippen LogP) is 2.29. The summed E-state index contributed by atoms with van der Waals surface area (Å²) in [6.45, 7) is 8.09. The smallest absolute Gasteiger partial charge is 0.306 e. The number of hydrogen-bond acceptors (Lipinski definition) is 3. The maximum Gasteiger partial charge on any atom is 0.306 e. The summed E-state index contributed by atoms with van der Waals surface area (Å²) in [5.41, 5.74) is 0.117. The van der Waals surface area contributed by atoms with Crippen molar-refractivity contribution in [2.45, 2.75) is 45.6 Å². The van der Waals surface area contributed by atoms with Gasteiger partial charge in [-0.1, -0.05) is 26.5 Å². The molecule has 0 aromatic rings. The van der Waals surface area contributed by atoms with Crippen LogP contribution in [0.1, 0.15) is 39.5 Å². The highest BCUT2D eigenvalue weighted by atomic mass is 16.5. The van der Waals surface area contributed by atoms with Crippen molar-refractivity contribution in [3.05, 3.63) is 12.7 Å². The van der Waals surface area contributed by atoms with Gasteiger partial charge in [-0.3, -0.25) is 4.79 Å². The van der Waals surface area contributed by atoms with Crippen molar-refractivity contribution in [2.24, 2.45) is 11.3 Å². The van der Waals surface area contributed by atoms with Crippen LogP contribution < -0.4 is 0 Å². The molecule has 0 aromatic heterocycles. The Balaban J connectivity index is 2.49. The molecule has 1 saturated carbocycles. The van der Waals surface area contributed by atoms with Gasteiger partial charge in [0.25, 0.3) is 0 Å². The fraction of sp³-hybridized carbons (Fsp3) is 0.769. The zero-order valence-corrected chi connectivity index (χ0v) is 10.2. The van der Waals surface area contributed by atoms with E-state index in [4.69, 9.17) is 4.74 Å². The van der Waals surface area contributed by atoms with Crippen LogP contribution in [0.25, 0.3) is 0 Å². The SMILES string of the molecule is C=CCOC(=O)CC1CC(O)CCC1(C)C. The van der Waals surface area contributed by atoms with E-state index in [-0.39, 0.29) is 30.0 Å². The van der Waals surface area contributed by atoms with Crippen molar-refractivity contribution in [1.29, 1.82) is 0 Å². The summed E-state index contributed by atoms with van der Waals surface area (Å²) < 4.78 is 4.98. The van der Waals surface area contributed by atoms with Crippen LogP contribution >= 0.6 is 0 Å². The van der Waals surface area contributed by atoms with Crippen molar-refractivity contribution < 1.29 is 14.6 Å². The third-order valence-corrected chi connectivity index (χ3v) is 3.56. The van der Waals surface area contributed by atoms with E-state index in [1.807, 2.05) is 0 Å². The van der Waals surface area contributed by atoms with Crippen LogP contribution in [0.3, 0.4) is 0 Å². The normalized spacial score (nSPS) is 28.4. The second-order valence-electron chi connectivity index (χ2n) is 5.29. The van der Waals surface area contributed by atoms with Gasteiger partial charge in [0, 0.05) is 6.42 Å². The van der Waals surface area contributed by atoms with E-state index in [2.05, 4.69) is 20.4 Å². The van der Waals surface area contributed by atoms with Gasteiger partial charge in [0.05, 0.1) is 6.10 Å². The van der Waals surface area contributed by atoms with Gasteiger partial charge in [0.1, 0.15) is 6.61 Å². The van der Waals surface area contributed by atoms with Crippen molar-refractivity contribution in [3.8, 4) is 0 Å². The zero-order chi connectivity index (χ0) is 12.2. The number of aliphatic hydroxyl groups is 1. The second kappa shape index (κ2) is 5.48. The van der Waals surface area contributed by atoms with Crippen LogP contribution in [-0.4, -0.2) is 23.8 Å². The molecule has 2 unspecified atom stereocenters. The lowest BCUT2D eigenvalue weighted by Gasteiger charge is -2.40. The number of carbonyl (C=O) groups excluding carboxylic acids is 1. The quantitative estimate of drug-likeness (QED) is 0.591. The van der Waals surface area contributed by atoms with Crippen LogP contribution in [0.2, 0.25) is 0 Å². The summed E-state index contributed by atoms with van der Waals surface area (Å²) in [6, 6.07) is 0. The number of aliphatic hydroxyl groups excluding tert-OH is 1. The van der Waals surface area contributed by atoms with E-state index >= 15 is 0 Å². The van der Waals surface area contributed by atoms with Gasteiger partial charge in [0.2, 0.25) is 0 Å². The molecule has 1 rings (SSSR count). The third-order valence-electron chi connectivity index (χ3n) is 3.56. The third kappa shape index (κ3) is 3.63. The van der Waals surface area contributed by atoms with Gasteiger partial charge in [-0.15, -0.1) is 0 Å². The Morgan fingerprint density at radius 2 is 2.31 bits per heavy atom. The summed E-state index contributed by atoms with van der Waals surface area (Å²) in [4.78, 5) is 11.5. The topological polar surface area (TPSA) is 46.5 Å². The first-order chi connectivity index (χ1) is 7.45. The number of esters is 1. The lowest BCUT2D eigenvalue weighted by atomic mass is 9.67. The largest absolute Gasteiger partial charge is 0.461 e. The number of carbonyl (C=O) groups is 1. The molecule has 0 spiro atoms. The highest BCUT2D eigenvalue weighted by Gasteiger charge is 2.37. The minimum Gasteiger partial charge on any atom is -0.461 e. The fourth-order valence-electron chi connectivity index (χ4n) is 2.28. The standard InChI is InChI=1S/C13H22O3/c1-4-7-16-12(15)9-10-8-11(14)5-6-13(10,2)3/h4,10-11,14H,1,5-9H2,2-3H3. The first-order valence-corrected chi connectivity index (χ1v) is 5.90. The molecule has 2 atom stereocenters. The highest BCUT2D eigenvalue weighted by molar-refractivity contribution is 5.69. The molecule has 92 valence electrons. The van der Waals surface area contributed by atoms with Gasteiger partial charge in [-0.05, 0) is 30.6 Å². The molecule has 1 aliphatic carbocycles. The van der Waals surface area contributed by atoms with E-state index in [1.165, 1.54) is 0 Å². The van der Waals surface area contributed by atoms with Crippen molar-refractivity contribution in [1.82, 2.24) is 0 Å². The first kappa shape index (κ1) is 13.2. The Bertz CT molecular complexity index is 258. The van der Waals surface area contributed by atoms with Crippen molar-refractivity contribution in [2.75, 3.05) is 6.61 Å². The van der Waals surface area contributed by atoms with Gasteiger partial charge < -0.3 is 9.84 Å². The van der Waals surface area contributed by atoms with E-state index in [1.54, 1.807) is 6.08 Å². The van der Waals surface area contributed by atoms with E-state index in [0.717, 1.165) is 12.8 Å². The Hall–Kier alpha value is -0.830. The molecule has 3 nitrogen and oxygen atoms in total. The average molecular weight is 226 g/mol. The molecule has 0 aliphatic heterocycles. The van der Waals surface area contributed by atoms with Crippen LogP contribution in [-0.2, 0) is 9.53 Å². The lowest BCUT2D eigenvalue weighted by molar-refractivity contribution is -0.145. The average Bonchev–Trinajstić information content (AvgIpc) is 2.21. The molecule has 0 radical (unpaired) electrons. The second-order valence-corrected chi connectivity index (χ2v) is 5.29. The van der Waals surface area contributed by atoms with Crippen LogP contribution in [0.15, 0.2) is 12.7 Å². The van der Waals surface area contributed by atoms with Crippen LogP contribution in [0.4, 0.5) is 0 Å². The van der Waals surface area contributed by atoms with Crippen LogP contribution in [0, 0.1) is 11.3 Å². The lowest BCUT2D eigenvalue weighted by Crippen LogP contribution is -2.35. The Morgan fingerprint density at radius 1 is 1.62 bits per heavy atom. The Morgan fingerprint density at radius 3 is 2.94 bits per heavy atom. The van der Waals surface area contributed by atoms with Gasteiger partial charge in [-0.25, -0.2) is 0 Å². The molecule has 0 aromatic carbocycles. The molecule has 3 heteroatoms. The summed E-state index contributed by atoms with van der Waals surface area (Å²) in [5, 5.41) is 9.63. The number of ether oxygens (including phenoxy) is 1. The summed E-state index contributed by atoms with van der Waals surface area (Å²) in [7, 11) is 0. The summed E-state index contributed by atoms with van der Waals surface area (Å²) >= 11 is 0. The van der Waals surface area contributed by atoms with E-state index in [0.29, 0.717) is 12.8 Å². The Kier molecular flexibility index (Phi) is 4.54. The molecule has 0 heterocycles. The van der Waals surface area contributed by atoms with Gasteiger partial charge in [0.15, 0.2) is 0 Å². The van der Waals surface area contributed by atoms with E-state index in [9.17, 15) is 9.90 Å². The monoisotopic (exact) mass is 226 g/mol. The molecule has 0 bridgehead atoms. The fourth-order valence-corrected chi connectivity index (χ4v) is 2.28. The molecule has 1 N–H and O–H groups in total. The summed E-state index contributed by atoms with van der Waals surface area (Å²) in [6.07, 6.45) is 4.22. The number of hydrogen-bond donors (Lipinski definition) is 1. The van der Waals surface area contributed by atoms with E-state index < -0.39 is 0 Å². The zero-order valence-electron chi connectivity index (χ0n) is 10.2. The minimum absolute atomic E-state index is 0.117. The number of rotatable bonds is 4. The molecule has 0 saturated heterocycles. The van der Waals surface area contributed by atoms with Crippen molar-refractivity contribution >= 4 is 5.97 Å².